The standard InChI is InChI=1S/C33H42N4O3S/c1-7-12-27-24-41-29(23-38)21-25(10-4)17-20-37(30(27)11-5)33(40)26-13-15-28(16-14-26)35-32(39)22-31(34-6)36(18-8-2)19-9-3/h4,7,11-16,21-23,25,34H,5,8-9,17-20,24H2,1-3,6H3,(H,35,39)/b12-7-,29-21-,30-27-,31-22-. The number of nitrogens with zero attached hydrogens (tertiary/aromatic N) is 2. The first kappa shape index (κ1) is 33.2. The fourth-order valence-corrected chi connectivity index (χ4v) is 5.38. The summed E-state index contributed by atoms with van der Waals surface area (Å²) in [6.07, 6.45) is 17.9. The summed E-state index contributed by atoms with van der Waals surface area (Å²) >= 11 is 1.39. The van der Waals surface area contributed by atoms with Gasteiger partial charge in [-0.3, -0.25) is 14.4 Å². The molecule has 0 bridgehead atoms. The van der Waals surface area contributed by atoms with Crippen molar-refractivity contribution in [2.45, 2.75) is 40.0 Å². The van der Waals surface area contributed by atoms with Crippen molar-refractivity contribution in [2.75, 3.05) is 37.8 Å². The average molecular weight is 575 g/mol. The molecule has 8 heteroatoms. The Morgan fingerprint density at radius 2 is 1.90 bits per heavy atom. The van der Waals surface area contributed by atoms with Crippen molar-refractivity contribution >= 4 is 35.5 Å². The van der Waals surface area contributed by atoms with Crippen molar-refractivity contribution in [1.29, 1.82) is 0 Å². The Morgan fingerprint density at radius 3 is 2.44 bits per heavy atom. The number of aldehydes is 1. The van der Waals surface area contributed by atoms with Crippen LogP contribution in [-0.2, 0) is 9.59 Å². The fourth-order valence-electron chi connectivity index (χ4n) is 4.49. The van der Waals surface area contributed by atoms with Gasteiger partial charge in [-0.25, -0.2) is 0 Å². The van der Waals surface area contributed by atoms with Crippen LogP contribution in [0.4, 0.5) is 5.69 Å². The maximum absolute atomic E-state index is 13.8. The molecule has 2 rings (SSSR count). The minimum atomic E-state index is -0.286. The van der Waals surface area contributed by atoms with Crippen LogP contribution in [-0.4, -0.2) is 60.3 Å². The number of hydrogen-bond acceptors (Lipinski definition) is 6. The van der Waals surface area contributed by atoms with Crippen LogP contribution in [0.3, 0.4) is 0 Å². The van der Waals surface area contributed by atoms with Gasteiger partial charge in [0.05, 0.1) is 0 Å². The van der Waals surface area contributed by atoms with Crippen molar-refractivity contribution in [1.82, 2.24) is 15.1 Å². The number of anilines is 1. The summed E-state index contributed by atoms with van der Waals surface area (Å²) in [7, 11) is 1.81. The number of carbonyl (C=O) groups is 3. The summed E-state index contributed by atoms with van der Waals surface area (Å²) in [5.74, 6) is 3.23. The van der Waals surface area contributed by atoms with Crippen LogP contribution in [0.5, 0.6) is 0 Å². The molecule has 0 radical (unpaired) electrons. The van der Waals surface area contributed by atoms with E-state index < -0.39 is 0 Å². The van der Waals surface area contributed by atoms with Gasteiger partial charge in [0.2, 0.25) is 0 Å². The molecule has 0 aliphatic carbocycles. The van der Waals surface area contributed by atoms with Crippen LogP contribution in [0, 0.1) is 18.3 Å². The summed E-state index contributed by atoms with van der Waals surface area (Å²) < 4.78 is 0. The van der Waals surface area contributed by atoms with Crippen LogP contribution >= 0.6 is 11.8 Å². The molecule has 1 atom stereocenters. The number of nitrogens with one attached hydrogen (secondary N) is 2. The molecule has 1 aromatic rings. The number of benzene rings is 1. The normalized spacial score (nSPS) is 19.5. The number of thioether (sulfide) groups is 1. The maximum atomic E-state index is 13.8. The molecule has 0 saturated carbocycles. The smallest absolute Gasteiger partial charge is 0.258 e. The van der Waals surface area contributed by atoms with Gasteiger partial charge in [-0.05, 0) is 62.1 Å². The van der Waals surface area contributed by atoms with E-state index in [0.717, 1.165) is 43.6 Å². The molecule has 0 spiro atoms. The second-order valence-electron chi connectivity index (χ2n) is 9.44. The number of allylic oxidation sites excluding steroid dienone is 5. The number of terminal acetylenes is 1. The number of amides is 2. The van der Waals surface area contributed by atoms with E-state index in [1.807, 2.05) is 26.1 Å². The second-order valence-corrected chi connectivity index (χ2v) is 10.5. The molecular formula is C33H42N4O3S. The zero-order valence-electron chi connectivity index (χ0n) is 24.6. The summed E-state index contributed by atoms with van der Waals surface area (Å²) in [5.41, 5.74) is 2.61. The van der Waals surface area contributed by atoms with Crippen LogP contribution in [0.25, 0.3) is 0 Å². The van der Waals surface area contributed by atoms with Gasteiger partial charge in [-0.2, -0.15) is 0 Å². The van der Waals surface area contributed by atoms with Gasteiger partial charge in [0.15, 0.2) is 6.29 Å². The predicted octanol–water partition coefficient (Wildman–Crippen LogP) is 5.74. The first-order valence-electron chi connectivity index (χ1n) is 14.0. The third kappa shape index (κ3) is 9.87. The van der Waals surface area contributed by atoms with Crippen LogP contribution in [0.15, 0.2) is 83.2 Å². The average Bonchev–Trinajstić information content (AvgIpc) is 2.98. The molecule has 1 unspecified atom stereocenters. The molecule has 2 N–H and O–H groups in total. The zero-order chi connectivity index (χ0) is 30.2. The van der Waals surface area contributed by atoms with Crippen molar-refractivity contribution in [3.63, 3.8) is 0 Å². The Labute approximate surface area is 249 Å². The lowest BCUT2D eigenvalue weighted by atomic mass is 10.0. The molecule has 218 valence electrons. The van der Waals surface area contributed by atoms with E-state index >= 15 is 0 Å². The van der Waals surface area contributed by atoms with E-state index in [4.69, 9.17) is 6.42 Å². The van der Waals surface area contributed by atoms with Gasteiger partial charge >= 0.3 is 0 Å². The zero-order valence-corrected chi connectivity index (χ0v) is 25.4. The van der Waals surface area contributed by atoms with Crippen LogP contribution in [0.2, 0.25) is 0 Å². The van der Waals surface area contributed by atoms with E-state index in [0.29, 0.717) is 40.6 Å². The Kier molecular flexibility index (Phi) is 14.3. The van der Waals surface area contributed by atoms with Crippen molar-refractivity contribution < 1.29 is 14.4 Å². The molecule has 1 aromatic carbocycles. The third-order valence-corrected chi connectivity index (χ3v) is 7.45. The Hall–Kier alpha value is -3.96. The topological polar surface area (TPSA) is 81.8 Å². The largest absolute Gasteiger partial charge is 0.375 e. The first-order chi connectivity index (χ1) is 19.8. The monoisotopic (exact) mass is 574 g/mol. The lowest BCUT2D eigenvalue weighted by Crippen LogP contribution is -2.33. The number of carbonyl (C=O) groups excluding carboxylic acids is 3. The number of hydrogen-bond donors (Lipinski definition) is 2. The lowest BCUT2D eigenvalue weighted by Gasteiger charge is -2.28. The summed E-state index contributed by atoms with van der Waals surface area (Å²) in [6, 6.07) is 6.85. The molecule has 0 aromatic heterocycles. The molecule has 1 aliphatic heterocycles. The highest BCUT2D eigenvalue weighted by Gasteiger charge is 2.23. The quantitative estimate of drug-likeness (QED) is 0.188. The van der Waals surface area contributed by atoms with E-state index in [9.17, 15) is 14.4 Å². The van der Waals surface area contributed by atoms with Gasteiger partial charge in [0.25, 0.3) is 11.8 Å². The summed E-state index contributed by atoms with van der Waals surface area (Å²) in [6.45, 7) is 12.2. The lowest BCUT2D eigenvalue weighted by molar-refractivity contribution is -0.112. The Balaban J connectivity index is 2.32. The predicted molar refractivity (Wildman–Crippen MR) is 171 cm³/mol. The minimum absolute atomic E-state index is 0.201. The van der Waals surface area contributed by atoms with Crippen molar-refractivity contribution in [2.24, 2.45) is 5.92 Å². The Morgan fingerprint density at radius 1 is 1.22 bits per heavy atom. The van der Waals surface area contributed by atoms with E-state index in [1.54, 1.807) is 47.4 Å². The van der Waals surface area contributed by atoms with Crippen molar-refractivity contribution in [3.05, 3.63) is 88.8 Å². The van der Waals surface area contributed by atoms with E-state index in [1.165, 1.54) is 11.8 Å². The molecule has 0 fully saturated rings. The molecule has 0 saturated heterocycles. The van der Waals surface area contributed by atoms with Gasteiger partial charge in [-0.15, -0.1) is 18.2 Å². The van der Waals surface area contributed by atoms with Gasteiger partial charge in [-0.1, -0.05) is 44.6 Å². The summed E-state index contributed by atoms with van der Waals surface area (Å²) in [4.78, 5) is 42.6. The van der Waals surface area contributed by atoms with Crippen LogP contribution in [0.1, 0.15) is 50.4 Å². The van der Waals surface area contributed by atoms with Gasteiger partial charge in [0, 0.05) is 66.3 Å². The first-order valence-corrected chi connectivity index (χ1v) is 15.0. The van der Waals surface area contributed by atoms with Crippen molar-refractivity contribution in [3.8, 4) is 12.3 Å². The Bertz CT molecular complexity index is 1230. The molecule has 1 aliphatic rings. The highest BCUT2D eigenvalue weighted by atomic mass is 32.2. The maximum Gasteiger partial charge on any atom is 0.258 e. The SMILES string of the molecule is C#CC1/C=C(/C=O)SCC(/C=C\C)=C(/C=C)N(C(=O)c2ccc(NC(=O)/C=C(/NC)N(CCC)CCC)cc2)CC1. The number of rotatable bonds is 12. The highest BCUT2D eigenvalue weighted by molar-refractivity contribution is 8.04. The fraction of sp³-hybridized carbons (Fsp3) is 0.364. The molecule has 1 heterocycles. The molecule has 41 heavy (non-hydrogen) atoms. The van der Waals surface area contributed by atoms with E-state index in [2.05, 4.69) is 41.9 Å². The van der Waals surface area contributed by atoms with Gasteiger partial charge < -0.3 is 20.4 Å². The van der Waals surface area contributed by atoms with E-state index in [-0.39, 0.29) is 17.7 Å². The molecule has 7 nitrogen and oxygen atoms in total. The van der Waals surface area contributed by atoms with Gasteiger partial charge in [0.1, 0.15) is 5.82 Å². The minimum Gasteiger partial charge on any atom is -0.375 e. The second kappa shape index (κ2) is 17.7. The molecular weight excluding hydrogens is 532 g/mol. The third-order valence-electron chi connectivity index (χ3n) is 6.43. The highest BCUT2D eigenvalue weighted by Crippen LogP contribution is 2.28. The van der Waals surface area contributed by atoms with Crippen LogP contribution < -0.4 is 10.6 Å². The molecule has 2 amide bonds. The summed E-state index contributed by atoms with van der Waals surface area (Å²) in [5, 5.41) is 6.02.